The highest BCUT2D eigenvalue weighted by molar-refractivity contribution is 7.12. The number of carbonyl (C=O) groups is 2. The fourth-order valence-corrected chi connectivity index (χ4v) is 2.51. The molecular formula is C13H12N2O3S. The molecule has 0 fully saturated rings. The Bertz CT molecular complexity index is 622. The third-order valence-corrected chi connectivity index (χ3v) is 3.54. The van der Waals surface area contributed by atoms with Crippen LogP contribution in [0.25, 0.3) is 0 Å². The van der Waals surface area contributed by atoms with E-state index in [1.54, 1.807) is 0 Å². The number of hydrogen-bond acceptors (Lipinski definition) is 4. The first-order chi connectivity index (χ1) is 9.11. The third kappa shape index (κ3) is 2.97. The van der Waals surface area contributed by atoms with Gasteiger partial charge < -0.3 is 10.4 Å². The largest absolute Gasteiger partial charge is 0.478 e. The van der Waals surface area contributed by atoms with Gasteiger partial charge in [-0.2, -0.15) is 0 Å². The molecule has 2 aromatic heterocycles. The fourth-order valence-electron chi connectivity index (χ4n) is 1.62. The van der Waals surface area contributed by atoms with Crippen LogP contribution in [0.5, 0.6) is 0 Å². The van der Waals surface area contributed by atoms with Gasteiger partial charge in [0.25, 0.3) is 5.91 Å². The lowest BCUT2D eigenvalue weighted by Crippen LogP contribution is -2.13. The Kier molecular flexibility index (Phi) is 3.91. The van der Waals surface area contributed by atoms with Gasteiger partial charge in [-0.3, -0.25) is 4.79 Å². The molecule has 0 bridgehead atoms. The number of aromatic nitrogens is 1. The Morgan fingerprint density at radius 3 is 2.89 bits per heavy atom. The maximum atomic E-state index is 12.0. The summed E-state index contributed by atoms with van der Waals surface area (Å²) in [6.45, 7) is 1.97. The topological polar surface area (TPSA) is 79.3 Å². The molecule has 0 aliphatic heterocycles. The van der Waals surface area contributed by atoms with Crippen molar-refractivity contribution in [2.75, 3.05) is 5.32 Å². The fraction of sp³-hybridized carbons (Fsp3) is 0.154. The van der Waals surface area contributed by atoms with E-state index in [0.717, 1.165) is 12.0 Å². The Hall–Kier alpha value is -2.21. The number of carboxylic acids is 1. The molecule has 0 spiro atoms. The Morgan fingerprint density at radius 1 is 1.42 bits per heavy atom. The summed E-state index contributed by atoms with van der Waals surface area (Å²) >= 11 is 1.36. The molecule has 6 heteroatoms. The van der Waals surface area contributed by atoms with Crippen molar-refractivity contribution in [3.63, 3.8) is 0 Å². The second kappa shape index (κ2) is 5.62. The number of nitrogens with zero attached hydrogens (tertiary/aromatic N) is 1. The molecule has 0 aliphatic carbocycles. The first kappa shape index (κ1) is 13.2. The summed E-state index contributed by atoms with van der Waals surface area (Å²) in [4.78, 5) is 27.4. The molecule has 1 amide bonds. The third-order valence-electron chi connectivity index (χ3n) is 2.58. The van der Waals surface area contributed by atoms with Gasteiger partial charge in [-0.05, 0) is 35.6 Å². The normalized spacial score (nSPS) is 10.2. The molecule has 0 radical (unpaired) electrons. The first-order valence-corrected chi connectivity index (χ1v) is 6.57. The molecule has 2 N–H and O–H groups in total. The Labute approximate surface area is 113 Å². The molecule has 0 unspecified atom stereocenters. The quantitative estimate of drug-likeness (QED) is 0.899. The molecule has 0 atom stereocenters. The first-order valence-electron chi connectivity index (χ1n) is 5.69. The van der Waals surface area contributed by atoms with Crippen LogP contribution < -0.4 is 5.32 Å². The van der Waals surface area contributed by atoms with Crippen LogP contribution in [0.4, 0.5) is 5.82 Å². The number of thiophene rings is 1. The molecule has 0 saturated carbocycles. The maximum Gasteiger partial charge on any atom is 0.335 e. The zero-order chi connectivity index (χ0) is 13.8. The summed E-state index contributed by atoms with van der Waals surface area (Å²) in [5, 5.41) is 13.3. The predicted molar refractivity (Wildman–Crippen MR) is 72.8 cm³/mol. The second-order valence-electron chi connectivity index (χ2n) is 3.82. The molecule has 2 heterocycles. The number of pyridine rings is 1. The molecule has 0 saturated heterocycles. The molecule has 2 rings (SSSR count). The zero-order valence-corrected chi connectivity index (χ0v) is 11.0. The summed E-state index contributed by atoms with van der Waals surface area (Å²) in [5.74, 6) is -1.08. The lowest BCUT2D eigenvalue weighted by molar-refractivity contribution is 0.0696. The Morgan fingerprint density at radius 2 is 2.21 bits per heavy atom. The highest BCUT2D eigenvalue weighted by atomic mass is 32.1. The van der Waals surface area contributed by atoms with Gasteiger partial charge in [0.15, 0.2) is 0 Å². The number of anilines is 1. The number of carboxylic acid groups (broad SMARTS) is 1. The van der Waals surface area contributed by atoms with E-state index in [-0.39, 0.29) is 17.3 Å². The summed E-state index contributed by atoms with van der Waals surface area (Å²) in [7, 11) is 0. The molecule has 98 valence electrons. The average Bonchev–Trinajstić information content (AvgIpc) is 2.87. The molecule has 5 nitrogen and oxygen atoms in total. The number of carbonyl (C=O) groups excluding carboxylic acids is 1. The van der Waals surface area contributed by atoms with Crippen LogP contribution in [-0.2, 0) is 6.42 Å². The summed E-state index contributed by atoms with van der Waals surface area (Å²) in [6.07, 6.45) is 2.13. The van der Waals surface area contributed by atoms with Crippen LogP contribution in [0, 0.1) is 0 Å². The van der Waals surface area contributed by atoms with Crippen LogP contribution in [0.1, 0.15) is 32.5 Å². The van der Waals surface area contributed by atoms with Crippen molar-refractivity contribution in [2.24, 2.45) is 0 Å². The van der Waals surface area contributed by atoms with E-state index in [2.05, 4.69) is 10.3 Å². The summed E-state index contributed by atoms with van der Waals surface area (Å²) in [6, 6.07) is 4.61. The van der Waals surface area contributed by atoms with Crippen LogP contribution in [0.3, 0.4) is 0 Å². The van der Waals surface area contributed by atoms with E-state index >= 15 is 0 Å². The lowest BCUT2D eigenvalue weighted by atomic mass is 10.2. The van der Waals surface area contributed by atoms with Crippen molar-refractivity contribution in [3.8, 4) is 0 Å². The van der Waals surface area contributed by atoms with Gasteiger partial charge in [-0.15, -0.1) is 11.3 Å². The molecule has 2 aromatic rings. The maximum absolute atomic E-state index is 12.0. The van der Waals surface area contributed by atoms with Crippen molar-refractivity contribution in [3.05, 3.63) is 45.8 Å². The summed E-state index contributed by atoms with van der Waals surface area (Å²) < 4.78 is 0. The number of amides is 1. The smallest absolute Gasteiger partial charge is 0.335 e. The number of hydrogen-bond donors (Lipinski definition) is 2. The Balaban J connectivity index is 2.19. The number of nitrogens with one attached hydrogen (secondary N) is 1. The van der Waals surface area contributed by atoms with Crippen molar-refractivity contribution < 1.29 is 14.7 Å². The zero-order valence-electron chi connectivity index (χ0n) is 10.2. The molecule has 19 heavy (non-hydrogen) atoms. The number of aryl methyl sites for hydroxylation is 1. The molecular weight excluding hydrogens is 264 g/mol. The van der Waals surface area contributed by atoms with Crippen LogP contribution in [-0.4, -0.2) is 22.0 Å². The monoisotopic (exact) mass is 276 g/mol. The second-order valence-corrected chi connectivity index (χ2v) is 4.73. The SMILES string of the molecule is CCc1ccsc1C(=O)Nc1cc(C(=O)O)ccn1. The van der Waals surface area contributed by atoms with Gasteiger partial charge in [0.1, 0.15) is 5.82 Å². The van der Waals surface area contributed by atoms with Gasteiger partial charge >= 0.3 is 5.97 Å². The van der Waals surface area contributed by atoms with Crippen molar-refractivity contribution >= 4 is 29.0 Å². The highest BCUT2D eigenvalue weighted by Crippen LogP contribution is 2.19. The van der Waals surface area contributed by atoms with Crippen molar-refractivity contribution in [1.29, 1.82) is 0 Å². The van der Waals surface area contributed by atoms with Crippen LogP contribution in [0.15, 0.2) is 29.8 Å². The minimum atomic E-state index is -1.05. The lowest BCUT2D eigenvalue weighted by Gasteiger charge is -2.05. The highest BCUT2D eigenvalue weighted by Gasteiger charge is 2.13. The van der Waals surface area contributed by atoms with Gasteiger partial charge in [0, 0.05) is 6.20 Å². The van der Waals surface area contributed by atoms with E-state index in [1.807, 2.05) is 18.4 Å². The van der Waals surface area contributed by atoms with E-state index in [1.165, 1.54) is 29.7 Å². The van der Waals surface area contributed by atoms with Gasteiger partial charge in [-0.25, -0.2) is 9.78 Å². The van der Waals surface area contributed by atoms with Gasteiger partial charge in [0.05, 0.1) is 10.4 Å². The van der Waals surface area contributed by atoms with Crippen molar-refractivity contribution in [1.82, 2.24) is 4.98 Å². The predicted octanol–water partition coefficient (Wildman–Crippen LogP) is 2.66. The average molecular weight is 276 g/mol. The van der Waals surface area contributed by atoms with Crippen LogP contribution in [0.2, 0.25) is 0 Å². The van der Waals surface area contributed by atoms with Crippen LogP contribution >= 0.6 is 11.3 Å². The minimum Gasteiger partial charge on any atom is -0.478 e. The number of aromatic carboxylic acids is 1. The van der Waals surface area contributed by atoms with Gasteiger partial charge in [-0.1, -0.05) is 6.92 Å². The summed E-state index contributed by atoms with van der Waals surface area (Å²) in [5.41, 5.74) is 1.06. The van der Waals surface area contributed by atoms with Gasteiger partial charge in [0.2, 0.25) is 0 Å². The number of rotatable bonds is 4. The van der Waals surface area contributed by atoms with Crippen molar-refractivity contribution in [2.45, 2.75) is 13.3 Å². The molecule has 0 aromatic carbocycles. The van der Waals surface area contributed by atoms with E-state index in [9.17, 15) is 9.59 Å². The standard InChI is InChI=1S/C13H12N2O3S/c1-2-8-4-6-19-11(8)12(16)15-10-7-9(13(17)18)3-5-14-10/h3-7H,2H2,1H3,(H,17,18)(H,14,15,16). The van der Waals surface area contributed by atoms with E-state index in [0.29, 0.717) is 4.88 Å². The minimum absolute atomic E-state index is 0.0900. The van der Waals surface area contributed by atoms with E-state index in [4.69, 9.17) is 5.11 Å². The molecule has 0 aliphatic rings. The van der Waals surface area contributed by atoms with E-state index < -0.39 is 5.97 Å².